The summed E-state index contributed by atoms with van der Waals surface area (Å²) in [5, 5.41) is 3.34. The molecule has 3 nitrogen and oxygen atoms in total. The molecule has 0 aliphatic heterocycles. The van der Waals surface area contributed by atoms with Gasteiger partial charge in [-0.15, -0.1) is 0 Å². The van der Waals surface area contributed by atoms with Crippen molar-refractivity contribution in [1.29, 1.82) is 0 Å². The van der Waals surface area contributed by atoms with Crippen molar-refractivity contribution < 1.29 is 8.42 Å². The highest BCUT2D eigenvalue weighted by atomic mass is 79.9. The lowest BCUT2D eigenvalue weighted by atomic mass is 10.3. The van der Waals surface area contributed by atoms with E-state index in [9.17, 15) is 8.42 Å². The van der Waals surface area contributed by atoms with E-state index in [4.69, 9.17) is 11.6 Å². The molecule has 0 amide bonds. The van der Waals surface area contributed by atoms with Crippen molar-refractivity contribution in [1.82, 2.24) is 0 Å². The van der Waals surface area contributed by atoms with E-state index in [2.05, 4.69) is 21.2 Å². The van der Waals surface area contributed by atoms with Crippen LogP contribution in [-0.2, 0) is 9.84 Å². The van der Waals surface area contributed by atoms with Crippen molar-refractivity contribution >= 4 is 43.1 Å². The minimum atomic E-state index is -3.38. The van der Waals surface area contributed by atoms with Gasteiger partial charge in [0.25, 0.3) is 0 Å². The molecule has 6 heteroatoms. The number of sulfone groups is 1. The van der Waals surface area contributed by atoms with E-state index < -0.39 is 9.84 Å². The van der Waals surface area contributed by atoms with Gasteiger partial charge < -0.3 is 5.32 Å². The fourth-order valence-corrected chi connectivity index (χ4v) is 3.86. The fourth-order valence-electron chi connectivity index (χ4n) is 1.74. The standard InChI is InChI=1S/C14H13BrClNO2S/c15-11-4-3-5-12(10-11)17-8-9-20(18,19)14-7-2-1-6-13(14)16/h1-7,10,17H,8-9H2. The molecule has 0 aliphatic carbocycles. The van der Waals surface area contributed by atoms with Gasteiger partial charge in [0.05, 0.1) is 15.7 Å². The molecular weight excluding hydrogens is 362 g/mol. The quantitative estimate of drug-likeness (QED) is 0.861. The fraction of sp³-hybridized carbons (Fsp3) is 0.143. The average Bonchev–Trinajstić information content (AvgIpc) is 2.39. The first-order valence-electron chi connectivity index (χ1n) is 5.96. The lowest BCUT2D eigenvalue weighted by molar-refractivity contribution is 0.596. The van der Waals surface area contributed by atoms with E-state index in [1.165, 1.54) is 6.07 Å². The van der Waals surface area contributed by atoms with E-state index in [1.807, 2.05) is 24.3 Å². The molecule has 0 atom stereocenters. The third-order valence-electron chi connectivity index (χ3n) is 2.70. The van der Waals surface area contributed by atoms with Gasteiger partial charge >= 0.3 is 0 Å². The summed E-state index contributed by atoms with van der Waals surface area (Å²) in [6.07, 6.45) is 0. The second kappa shape index (κ2) is 6.61. The van der Waals surface area contributed by atoms with Crippen molar-refractivity contribution in [2.24, 2.45) is 0 Å². The van der Waals surface area contributed by atoms with Crippen LogP contribution in [0.3, 0.4) is 0 Å². The van der Waals surface area contributed by atoms with Crippen LogP contribution in [0, 0.1) is 0 Å². The molecule has 2 aromatic rings. The zero-order valence-electron chi connectivity index (χ0n) is 10.5. The Hall–Kier alpha value is -1.04. The number of benzene rings is 2. The van der Waals surface area contributed by atoms with Gasteiger partial charge in [0.15, 0.2) is 9.84 Å². The van der Waals surface area contributed by atoms with Crippen LogP contribution >= 0.6 is 27.5 Å². The van der Waals surface area contributed by atoms with Crippen molar-refractivity contribution in [2.75, 3.05) is 17.6 Å². The summed E-state index contributed by atoms with van der Waals surface area (Å²) in [6.45, 7) is 0.323. The Morgan fingerprint density at radius 3 is 2.55 bits per heavy atom. The normalized spacial score (nSPS) is 11.3. The van der Waals surface area contributed by atoms with E-state index >= 15 is 0 Å². The zero-order chi connectivity index (χ0) is 14.6. The van der Waals surface area contributed by atoms with Gasteiger partial charge in [0.2, 0.25) is 0 Å². The number of nitrogens with one attached hydrogen (secondary N) is 1. The maximum absolute atomic E-state index is 12.2. The Labute approximate surface area is 132 Å². The Balaban J connectivity index is 2.02. The molecule has 106 valence electrons. The zero-order valence-corrected chi connectivity index (χ0v) is 13.7. The van der Waals surface area contributed by atoms with Crippen LogP contribution in [0.4, 0.5) is 5.69 Å². The maximum atomic E-state index is 12.2. The molecule has 0 radical (unpaired) electrons. The summed E-state index contributed by atoms with van der Waals surface area (Å²) < 4.78 is 25.3. The van der Waals surface area contributed by atoms with E-state index in [0.717, 1.165) is 10.2 Å². The van der Waals surface area contributed by atoms with Gasteiger partial charge in [-0.3, -0.25) is 0 Å². The number of rotatable bonds is 5. The van der Waals surface area contributed by atoms with Crippen LogP contribution < -0.4 is 5.32 Å². The molecular formula is C14H13BrClNO2S. The lowest BCUT2D eigenvalue weighted by Gasteiger charge is -2.09. The molecule has 0 unspecified atom stereocenters. The Morgan fingerprint density at radius 2 is 1.85 bits per heavy atom. The van der Waals surface area contributed by atoms with Crippen molar-refractivity contribution in [3.05, 3.63) is 58.0 Å². The van der Waals surface area contributed by atoms with Gasteiger partial charge in [0, 0.05) is 16.7 Å². The monoisotopic (exact) mass is 373 g/mol. The van der Waals surface area contributed by atoms with Gasteiger partial charge in [0.1, 0.15) is 0 Å². The van der Waals surface area contributed by atoms with Crippen LogP contribution in [0.2, 0.25) is 5.02 Å². The summed E-state index contributed by atoms with van der Waals surface area (Å²) in [5.41, 5.74) is 0.869. The molecule has 0 saturated carbocycles. The first-order valence-corrected chi connectivity index (χ1v) is 8.78. The summed E-state index contributed by atoms with van der Waals surface area (Å²) in [7, 11) is -3.38. The van der Waals surface area contributed by atoms with Crippen LogP contribution in [0.1, 0.15) is 0 Å². The Kier molecular flexibility index (Phi) is 5.07. The predicted octanol–water partition coefficient (Wildman–Crippen LogP) is 3.99. The molecule has 0 saturated heterocycles. The van der Waals surface area contributed by atoms with Crippen molar-refractivity contribution in [3.63, 3.8) is 0 Å². The molecule has 0 fully saturated rings. The van der Waals surface area contributed by atoms with Crippen molar-refractivity contribution in [2.45, 2.75) is 4.90 Å². The average molecular weight is 375 g/mol. The smallest absolute Gasteiger partial charge is 0.181 e. The number of anilines is 1. The number of hydrogen-bond acceptors (Lipinski definition) is 3. The molecule has 0 aromatic heterocycles. The van der Waals surface area contributed by atoms with Crippen LogP contribution in [-0.4, -0.2) is 20.7 Å². The molecule has 0 bridgehead atoms. The maximum Gasteiger partial charge on any atom is 0.181 e. The van der Waals surface area contributed by atoms with Gasteiger partial charge in [-0.05, 0) is 30.3 Å². The third kappa shape index (κ3) is 3.98. The topological polar surface area (TPSA) is 46.2 Å². The molecule has 2 rings (SSSR count). The van der Waals surface area contributed by atoms with Crippen molar-refractivity contribution in [3.8, 4) is 0 Å². The SMILES string of the molecule is O=S(=O)(CCNc1cccc(Br)c1)c1ccccc1Cl. The second-order valence-corrected chi connectivity index (χ2v) is 7.59. The molecule has 0 spiro atoms. The van der Waals surface area contributed by atoms with Gasteiger partial charge in [-0.2, -0.15) is 0 Å². The summed E-state index contributed by atoms with van der Waals surface area (Å²) >= 11 is 9.28. The number of halogens is 2. The van der Waals surface area contributed by atoms with E-state index in [1.54, 1.807) is 18.2 Å². The molecule has 0 aliphatic rings. The molecule has 20 heavy (non-hydrogen) atoms. The molecule has 0 heterocycles. The molecule has 2 aromatic carbocycles. The van der Waals surface area contributed by atoms with Crippen LogP contribution in [0.5, 0.6) is 0 Å². The summed E-state index contributed by atoms with van der Waals surface area (Å²) in [5.74, 6) is -0.0107. The largest absolute Gasteiger partial charge is 0.384 e. The second-order valence-electron chi connectivity index (χ2n) is 4.19. The Bertz CT molecular complexity index is 704. The summed E-state index contributed by atoms with van der Waals surface area (Å²) in [4.78, 5) is 0.178. The van der Waals surface area contributed by atoms with E-state index in [0.29, 0.717) is 6.54 Å². The minimum Gasteiger partial charge on any atom is -0.384 e. The number of hydrogen-bond donors (Lipinski definition) is 1. The summed E-state index contributed by atoms with van der Waals surface area (Å²) in [6, 6.07) is 14.0. The third-order valence-corrected chi connectivity index (χ3v) is 5.40. The van der Waals surface area contributed by atoms with Gasteiger partial charge in [-0.25, -0.2) is 8.42 Å². The highest BCUT2D eigenvalue weighted by molar-refractivity contribution is 9.10. The van der Waals surface area contributed by atoms with Crippen LogP contribution in [0.25, 0.3) is 0 Å². The lowest BCUT2D eigenvalue weighted by Crippen LogP contribution is -2.16. The highest BCUT2D eigenvalue weighted by Crippen LogP contribution is 2.22. The predicted molar refractivity (Wildman–Crippen MR) is 86.1 cm³/mol. The van der Waals surface area contributed by atoms with E-state index in [-0.39, 0.29) is 15.7 Å². The Morgan fingerprint density at radius 1 is 1.10 bits per heavy atom. The first kappa shape index (κ1) is 15.4. The molecule has 1 N–H and O–H groups in total. The highest BCUT2D eigenvalue weighted by Gasteiger charge is 2.16. The minimum absolute atomic E-state index is 0.0107. The first-order chi connectivity index (χ1) is 9.49. The van der Waals surface area contributed by atoms with Crippen LogP contribution in [0.15, 0.2) is 57.9 Å². The van der Waals surface area contributed by atoms with Gasteiger partial charge in [-0.1, -0.05) is 45.7 Å².